The van der Waals surface area contributed by atoms with E-state index in [9.17, 15) is 22.0 Å². The molecule has 0 heterocycles. The molecule has 1 aromatic rings. The molecule has 1 aliphatic carbocycles. The highest BCUT2D eigenvalue weighted by Crippen LogP contribution is 2.41. The fourth-order valence-corrected chi connectivity index (χ4v) is 5.50. The number of carboxylic acid groups (broad SMARTS) is 1. The van der Waals surface area contributed by atoms with E-state index in [-0.39, 0.29) is 11.3 Å². The van der Waals surface area contributed by atoms with E-state index < -0.39 is 45.0 Å². The molecule has 0 amide bonds. The molecule has 1 aliphatic rings. The number of rotatable bonds is 10. The SMILES string of the molecule is NC([C@H]1CC[C@@H](F)[C@@H]1CCCCCCC(=O)O)S(=O)(=O)c1ccc(F)cc1. The fourth-order valence-electron chi connectivity index (χ4n) is 3.87. The van der Waals surface area contributed by atoms with Crippen LogP contribution in [-0.2, 0) is 14.6 Å². The standard InChI is InChI=1S/C19H27F2NO4S/c20-13-7-9-14(10-8-13)27(25,26)19(22)16-11-12-17(21)15(16)5-3-1-2-4-6-18(23)24/h7-10,15-17,19H,1-6,11-12,22H2,(H,23,24)/t15-,16+,17-,19?/m1/s1. The van der Waals surface area contributed by atoms with Crippen molar-refractivity contribution in [2.45, 2.75) is 67.8 Å². The third-order valence-electron chi connectivity index (χ3n) is 5.39. The predicted molar refractivity (Wildman–Crippen MR) is 98.0 cm³/mol. The quantitative estimate of drug-likeness (QED) is 0.459. The zero-order chi connectivity index (χ0) is 20.0. The normalized spacial score (nSPS) is 24.0. The summed E-state index contributed by atoms with van der Waals surface area (Å²) in [4.78, 5) is 10.4. The van der Waals surface area contributed by atoms with E-state index in [0.29, 0.717) is 32.1 Å². The van der Waals surface area contributed by atoms with E-state index in [1.807, 2.05) is 0 Å². The topological polar surface area (TPSA) is 97.5 Å². The number of nitrogens with two attached hydrogens (primary N) is 1. The van der Waals surface area contributed by atoms with Crippen LogP contribution in [0.4, 0.5) is 8.78 Å². The number of carboxylic acids is 1. The Morgan fingerprint density at radius 1 is 1.15 bits per heavy atom. The molecule has 0 aromatic heterocycles. The van der Waals surface area contributed by atoms with Crippen molar-refractivity contribution >= 4 is 15.8 Å². The lowest BCUT2D eigenvalue weighted by Gasteiger charge is -2.26. The van der Waals surface area contributed by atoms with Gasteiger partial charge < -0.3 is 10.8 Å². The summed E-state index contributed by atoms with van der Waals surface area (Å²) in [6.07, 6.45) is 3.11. The third-order valence-corrected chi connectivity index (χ3v) is 7.39. The van der Waals surface area contributed by atoms with E-state index in [1.165, 1.54) is 12.1 Å². The summed E-state index contributed by atoms with van der Waals surface area (Å²) in [7, 11) is -3.87. The minimum atomic E-state index is -3.87. The average Bonchev–Trinajstić information content (AvgIpc) is 2.98. The molecule has 1 saturated carbocycles. The number of halogens is 2. The number of hydrogen-bond acceptors (Lipinski definition) is 4. The first-order valence-corrected chi connectivity index (χ1v) is 10.9. The Hall–Kier alpha value is -1.54. The van der Waals surface area contributed by atoms with E-state index in [1.54, 1.807) is 0 Å². The first-order chi connectivity index (χ1) is 12.7. The summed E-state index contributed by atoms with van der Waals surface area (Å²) in [6.45, 7) is 0. The van der Waals surface area contributed by atoms with Gasteiger partial charge in [0.1, 0.15) is 17.4 Å². The Labute approximate surface area is 158 Å². The van der Waals surface area contributed by atoms with Crippen LogP contribution in [0, 0.1) is 17.7 Å². The highest BCUT2D eigenvalue weighted by Gasteiger charge is 2.43. The molecule has 152 valence electrons. The highest BCUT2D eigenvalue weighted by atomic mass is 32.2. The Bertz CT molecular complexity index is 724. The van der Waals surface area contributed by atoms with Crippen molar-refractivity contribution in [3.8, 4) is 0 Å². The van der Waals surface area contributed by atoms with Crippen molar-refractivity contribution in [1.82, 2.24) is 0 Å². The summed E-state index contributed by atoms with van der Waals surface area (Å²) >= 11 is 0. The minimum Gasteiger partial charge on any atom is -0.481 e. The number of benzene rings is 1. The smallest absolute Gasteiger partial charge is 0.303 e. The molecular formula is C19H27F2NO4S. The maximum absolute atomic E-state index is 14.3. The van der Waals surface area contributed by atoms with Crippen LogP contribution in [0.3, 0.4) is 0 Å². The van der Waals surface area contributed by atoms with Gasteiger partial charge in [-0.1, -0.05) is 19.3 Å². The van der Waals surface area contributed by atoms with Gasteiger partial charge in [-0.05, 0) is 61.8 Å². The van der Waals surface area contributed by atoms with Gasteiger partial charge in [0.25, 0.3) is 0 Å². The number of sulfone groups is 1. The van der Waals surface area contributed by atoms with Crippen LogP contribution in [0.1, 0.15) is 51.4 Å². The molecule has 8 heteroatoms. The second-order valence-electron chi connectivity index (χ2n) is 7.23. The van der Waals surface area contributed by atoms with Crippen molar-refractivity contribution in [3.63, 3.8) is 0 Å². The van der Waals surface area contributed by atoms with Crippen LogP contribution in [0.5, 0.6) is 0 Å². The van der Waals surface area contributed by atoms with Crippen molar-refractivity contribution in [3.05, 3.63) is 30.1 Å². The van der Waals surface area contributed by atoms with E-state index in [0.717, 1.165) is 25.0 Å². The summed E-state index contributed by atoms with van der Waals surface area (Å²) < 4.78 is 52.9. The number of alkyl halides is 1. The zero-order valence-electron chi connectivity index (χ0n) is 15.2. The minimum absolute atomic E-state index is 0.0499. The molecule has 0 saturated heterocycles. The number of aliphatic carboxylic acids is 1. The van der Waals surface area contributed by atoms with Gasteiger partial charge in [-0.15, -0.1) is 0 Å². The summed E-state index contributed by atoms with van der Waals surface area (Å²) in [6, 6.07) is 4.51. The van der Waals surface area contributed by atoms with Gasteiger partial charge in [0, 0.05) is 6.42 Å². The van der Waals surface area contributed by atoms with Crippen LogP contribution < -0.4 is 5.73 Å². The van der Waals surface area contributed by atoms with Crippen LogP contribution in [0.25, 0.3) is 0 Å². The predicted octanol–water partition coefficient (Wildman–Crippen LogP) is 3.67. The molecular weight excluding hydrogens is 376 g/mol. The van der Waals surface area contributed by atoms with E-state index >= 15 is 0 Å². The maximum atomic E-state index is 14.3. The molecule has 0 aliphatic heterocycles. The second kappa shape index (κ2) is 9.59. The molecule has 0 bridgehead atoms. The number of unbranched alkanes of at least 4 members (excludes halogenated alkanes) is 3. The average molecular weight is 403 g/mol. The number of hydrogen-bond donors (Lipinski definition) is 2. The molecule has 0 radical (unpaired) electrons. The van der Waals surface area contributed by atoms with Gasteiger partial charge in [-0.2, -0.15) is 0 Å². The largest absolute Gasteiger partial charge is 0.481 e. The Morgan fingerprint density at radius 2 is 1.78 bits per heavy atom. The van der Waals surface area contributed by atoms with Gasteiger partial charge in [0.15, 0.2) is 9.84 Å². The molecule has 1 unspecified atom stereocenters. The fraction of sp³-hybridized carbons (Fsp3) is 0.632. The maximum Gasteiger partial charge on any atom is 0.303 e. The monoisotopic (exact) mass is 403 g/mol. The van der Waals surface area contributed by atoms with E-state index in [2.05, 4.69) is 0 Å². The Kier molecular flexibility index (Phi) is 7.73. The van der Waals surface area contributed by atoms with Crippen molar-refractivity contribution in [2.75, 3.05) is 0 Å². The molecule has 4 atom stereocenters. The van der Waals surface area contributed by atoms with Crippen molar-refractivity contribution < 1.29 is 27.1 Å². The summed E-state index contributed by atoms with van der Waals surface area (Å²) in [5, 5.41) is 7.40. The zero-order valence-corrected chi connectivity index (χ0v) is 16.0. The molecule has 3 N–H and O–H groups in total. The lowest BCUT2D eigenvalue weighted by Crippen LogP contribution is -2.40. The van der Waals surface area contributed by atoms with Gasteiger partial charge in [0.05, 0.1) is 4.90 Å². The number of carbonyl (C=O) groups is 1. The van der Waals surface area contributed by atoms with Crippen LogP contribution in [0.2, 0.25) is 0 Å². The van der Waals surface area contributed by atoms with Gasteiger partial charge in [-0.3, -0.25) is 4.79 Å². The van der Waals surface area contributed by atoms with Gasteiger partial charge >= 0.3 is 5.97 Å². The molecule has 2 rings (SSSR count). The first-order valence-electron chi connectivity index (χ1n) is 9.34. The van der Waals surface area contributed by atoms with Crippen LogP contribution in [0.15, 0.2) is 29.2 Å². The van der Waals surface area contributed by atoms with Gasteiger partial charge in [-0.25, -0.2) is 17.2 Å². The summed E-state index contributed by atoms with van der Waals surface area (Å²) in [5.41, 5.74) is 6.05. The molecule has 5 nitrogen and oxygen atoms in total. The third kappa shape index (κ3) is 5.72. The van der Waals surface area contributed by atoms with Gasteiger partial charge in [0.2, 0.25) is 0 Å². The Morgan fingerprint density at radius 3 is 2.41 bits per heavy atom. The molecule has 1 aromatic carbocycles. The Balaban J connectivity index is 1.96. The lowest BCUT2D eigenvalue weighted by molar-refractivity contribution is -0.137. The first kappa shape index (κ1) is 21.8. The second-order valence-corrected chi connectivity index (χ2v) is 9.34. The highest BCUT2D eigenvalue weighted by molar-refractivity contribution is 7.92. The molecule has 0 spiro atoms. The lowest BCUT2D eigenvalue weighted by atomic mass is 9.89. The van der Waals surface area contributed by atoms with Crippen molar-refractivity contribution in [2.24, 2.45) is 17.6 Å². The molecule has 27 heavy (non-hydrogen) atoms. The molecule has 1 fully saturated rings. The van der Waals surface area contributed by atoms with Crippen LogP contribution in [-0.4, -0.2) is 31.0 Å². The van der Waals surface area contributed by atoms with Crippen LogP contribution >= 0.6 is 0 Å². The van der Waals surface area contributed by atoms with Crippen molar-refractivity contribution in [1.29, 1.82) is 0 Å². The van der Waals surface area contributed by atoms with E-state index in [4.69, 9.17) is 10.8 Å². The summed E-state index contributed by atoms with van der Waals surface area (Å²) in [5.74, 6) is -2.26.